The highest BCUT2D eigenvalue weighted by Crippen LogP contribution is 2.36. The Balaban J connectivity index is 1.10. The first-order valence-electron chi connectivity index (χ1n) is 11.0. The lowest BCUT2D eigenvalue weighted by Gasteiger charge is -2.22. The van der Waals surface area contributed by atoms with E-state index < -0.39 is 0 Å². The zero-order valence-corrected chi connectivity index (χ0v) is 17.9. The van der Waals surface area contributed by atoms with E-state index in [1.165, 1.54) is 16.5 Å². The van der Waals surface area contributed by atoms with Crippen molar-refractivity contribution in [3.8, 4) is 11.5 Å². The number of fused-ring (bicyclic) bond motifs is 3. The fourth-order valence-electron chi connectivity index (χ4n) is 4.50. The number of amides is 1. The van der Waals surface area contributed by atoms with E-state index in [-0.39, 0.29) is 12.7 Å². The first-order valence-corrected chi connectivity index (χ1v) is 11.0. The van der Waals surface area contributed by atoms with Gasteiger partial charge in [0.15, 0.2) is 11.5 Å². The molecule has 0 unspecified atom stereocenters. The number of ether oxygens (including phenoxy) is 2. The number of carbonyl (C=O) groups is 1. The van der Waals surface area contributed by atoms with Crippen molar-refractivity contribution in [2.45, 2.75) is 25.7 Å². The normalized spacial score (nSPS) is 15.5. The first-order chi connectivity index (χ1) is 15.2. The summed E-state index contributed by atoms with van der Waals surface area (Å²) in [6.45, 7) is 3.74. The Morgan fingerprint density at radius 1 is 1.06 bits per heavy atom. The first kappa shape index (κ1) is 19.9. The smallest absolute Gasteiger partial charge is 0.231 e. The van der Waals surface area contributed by atoms with Crippen molar-refractivity contribution in [2.75, 3.05) is 40.0 Å². The zero-order valence-electron chi connectivity index (χ0n) is 17.9. The van der Waals surface area contributed by atoms with E-state index in [2.05, 4.69) is 24.1 Å². The molecule has 31 heavy (non-hydrogen) atoms. The summed E-state index contributed by atoms with van der Waals surface area (Å²) in [7, 11) is 2.14. The molecule has 0 fully saturated rings. The minimum Gasteiger partial charge on any atom is -0.464 e. The van der Waals surface area contributed by atoms with Crippen LogP contribution in [0, 0.1) is 0 Å². The summed E-state index contributed by atoms with van der Waals surface area (Å²) in [5.41, 5.74) is 4.47. The molecule has 0 radical (unpaired) electrons. The predicted molar refractivity (Wildman–Crippen MR) is 119 cm³/mol. The molecular formula is C25H28N2O4. The van der Waals surface area contributed by atoms with Gasteiger partial charge in [-0.25, -0.2) is 0 Å². The van der Waals surface area contributed by atoms with Crippen molar-refractivity contribution >= 4 is 16.9 Å². The van der Waals surface area contributed by atoms with E-state index in [0.717, 1.165) is 68.1 Å². The lowest BCUT2D eigenvalue weighted by Crippen LogP contribution is -2.35. The molecule has 5 rings (SSSR count). The van der Waals surface area contributed by atoms with Crippen LogP contribution < -0.4 is 9.47 Å². The summed E-state index contributed by atoms with van der Waals surface area (Å²) in [6.07, 6.45) is 5.10. The second-order valence-corrected chi connectivity index (χ2v) is 8.45. The molecule has 162 valence electrons. The quantitative estimate of drug-likeness (QED) is 0.584. The number of rotatable bonds is 7. The second-order valence-electron chi connectivity index (χ2n) is 8.45. The Bertz CT molecular complexity index is 1090. The summed E-state index contributed by atoms with van der Waals surface area (Å²) in [5, 5.41) is 1.20. The summed E-state index contributed by atoms with van der Waals surface area (Å²) in [6, 6.07) is 12.2. The third kappa shape index (κ3) is 4.26. The summed E-state index contributed by atoms with van der Waals surface area (Å²) >= 11 is 0. The van der Waals surface area contributed by atoms with Gasteiger partial charge in [-0.15, -0.1) is 0 Å². The Kier molecular flexibility index (Phi) is 5.55. The SMILES string of the molecule is CN(CCCN1CCc2cc3c(cc2CC1=O)OCO3)CCc1coc2ccccc12. The number of hydrogen-bond acceptors (Lipinski definition) is 5. The van der Waals surface area contributed by atoms with Crippen LogP contribution >= 0.6 is 0 Å². The van der Waals surface area contributed by atoms with Gasteiger partial charge in [0.1, 0.15) is 5.58 Å². The molecule has 3 heterocycles. The van der Waals surface area contributed by atoms with Crippen LogP contribution in [0.1, 0.15) is 23.1 Å². The Morgan fingerprint density at radius 2 is 1.87 bits per heavy atom. The average Bonchev–Trinajstić information content (AvgIpc) is 3.37. The molecule has 0 aliphatic carbocycles. The van der Waals surface area contributed by atoms with Crippen molar-refractivity contribution in [2.24, 2.45) is 0 Å². The summed E-state index contributed by atoms with van der Waals surface area (Å²) < 4.78 is 16.6. The van der Waals surface area contributed by atoms with E-state index in [0.29, 0.717) is 6.42 Å². The van der Waals surface area contributed by atoms with Crippen molar-refractivity contribution < 1.29 is 18.7 Å². The highest BCUT2D eigenvalue weighted by atomic mass is 16.7. The van der Waals surface area contributed by atoms with Gasteiger partial charge in [-0.05, 0) is 67.7 Å². The molecule has 0 spiro atoms. The maximum Gasteiger partial charge on any atom is 0.231 e. The predicted octanol–water partition coefficient (Wildman–Crippen LogP) is 3.65. The maximum atomic E-state index is 12.8. The standard InChI is InChI=1S/C25H28N2O4/c1-26(11-7-19-16-29-22-6-3-2-5-21(19)22)9-4-10-27-12-8-18-13-23-24(31-17-30-23)14-20(18)15-25(27)28/h2-3,5-6,13-14,16H,4,7-12,15,17H2,1H3. The van der Waals surface area contributed by atoms with Gasteiger partial charge in [0, 0.05) is 25.0 Å². The topological polar surface area (TPSA) is 55.2 Å². The van der Waals surface area contributed by atoms with Crippen molar-refractivity contribution in [3.05, 3.63) is 59.4 Å². The van der Waals surface area contributed by atoms with Crippen LogP contribution in [0.15, 0.2) is 47.1 Å². The van der Waals surface area contributed by atoms with Crippen LogP contribution in [0.25, 0.3) is 11.0 Å². The molecule has 0 atom stereocenters. The van der Waals surface area contributed by atoms with Crippen molar-refractivity contribution in [1.29, 1.82) is 0 Å². The highest BCUT2D eigenvalue weighted by molar-refractivity contribution is 5.81. The lowest BCUT2D eigenvalue weighted by molar-refractivity contribution is -0.130. The number of hydrogen-bond donors (Lipinski definition) is 0. The molecule has 1 amide bonds. The van der Waals surface area contributed by atoms with Gasteiger partial charge in [-0.3, -0.25) is 4.79 Å². The Morgan fingerprint density at radius 3 is 2.74 bits per heavy atom. The van der Waals surface area contributed by atoms with Crippen LogP contribution in [-0.2, 0) is 24.1 Å². The Labute approximate surface area is 182 Å². The number of furan rings is 1. The molecule has 0 bridgehead atoms. The average molecular weight is 421 g/mol. The largest absolute Gasteiger partial charge is 0.464 e. The molecule has 0 N–H and O–H groups in total. The molecule has 2 aromatic carbocycles. The highest BCUT2D eigenvalue weighted by Gasteiger charge is 2.24. The molecule has 1 aromatic heterocycles. The molecular weight excluding hydrogens is 392 g/mol. The van der Waals surface area contributed by atoms with Crippen LogP contribution in [-0.4, -0.2) is 55.7 Å². The monoisotopic (exact) mass is 420 g/mol. The maximum absolute atomic E-state index is 12.8. The van der Waals surface area contributed by atoms with Gasteiger partial charge in [-0.2, -0.15) is 0 Å². The number of nitrogens with zero attached hydrogens (tertiary/aromatic N) is 2. The molecule has 2 aliphatic heterocycles. The summed E-state index contributed by atoms with van der Waals surface area (Å²) in [5.74, 6) is 1.75. The molecule has 2 aliphatic rings. The zero-order chi connectivity index (χ0) is 21.2. The number of para-hydroxylation sites is 1. The van der Waals surface area contributed by atoms with Gasteiger partial charge in [0.25, 0.3) is 0 Å². The fourth-order valence-corrected chi connectivity index (χ4v) is 4.50. The van der Waals surface area contributed by atoms with E-state index in [1.54, 1.807) is 0 Å². The third-order valence-corrected chi connectivity index (χ3v) is 6.33. The number of benzene rings is 2. The van der Waals surface area contributed by atoms with Gasteiger partial charge in [0.05, 0.1) is 12.7 Å². The lowest BCUT2D eigenvalue weighted by atomic mass is 10.0. The minimum absolute atomic E-state index is 0.199. The van der Waals surface area contributed by atoms with E-state index in [4.69, 9.17) is 13.9 Å². The van der Waals surface area contributed by atoms with Gasteiger partial charge in [0.2, 0.25) is 12.7 Å². The summed E-state index contributed by atoms with van der Waals surface area (Å²) in [4.78, 5) is 17.1. The van der Waals surface area contributed by atoms with Crippen molar-refractivity contribution in [3.63, 3.8) is 0 Å². The molecule has 0 saturated heterocycles. The van der Waals surface area contributed by atoms with E-state index in [9.17, 15) is 4.79 Å². The van der Waals surface area contributed by atoms with Crippen molar-refractivity contribution in [1.82, 2.24) is 9.80 Å². The van der Waals surface area contributed by atoms with E-state index in [1.807, 2.05) is 35.4 Å². The fraction of sp³-hybridized carbons (Fsp3) is 0.400. The molecule has 6 heteroatoms. The minimum atomic E-state index is 0.199. The third-order valence-electron chi connectivity index (χ3n) is 6.33. The van der Waals surface area contributed by atoms with Gasteiger partial charge < -0.3 is 23.7 Å². The van der Waals surface area contributed by atoms with Crippen LogP contribution in [0.3, 0.4) is 0 Å². The number of likely N-dealkylation sites (N-methyl/N-ethyl adjacent to an activating group) is 1. The number of carbonyl (C=O) groups excluding carboxylic acids is 1. The second kappa shape index (κ2) is 8.63. The molecule has 6 nitrogen and oxygen atoms in total. The van der Waals surface area contributed by atoms with Gasteiger partial charge >= 0.3 is 0 Å². The van der Waals surface area contributed by atoms with Gasteiger partial charge in [-0.1, -0.05) is 18.2 Å². The Hall–Kier alpha value is -2.99. The van der Waals surface area contributed by atoms with Crippen LogP contribution in [0.4, 0.5) is 0 Å². The van der Waals surface area contributed by atoms with E-state index >= 15 is 0 Å². The molecule has 0 saturated carbocycles. The van der Waals surface area contributed by atoms with Crippen LogP contribution in [0.5, 0.6) is 11.5 Å². The van der Waals surface area contributed by atoms with Crippen LogP contribution in [0.2, 0.25) is 0 Å². The molecule has 3 aromatic rings.